The van der Waals surface area contributed by atoms with Crippen molar-refractivity contribution in [3.8, 4) is 22.1 Å². The van der Waals surface area contributed by atoms with Crippen molar-refractivity contribution in [2.75, 3.05) is 0 Å². The molecule has 112 valence electrons. The zero-order valence-corrected chi connectivity index (χ0v) is 13.1. The van der Waals surface area contributed by atoms with Gasteiger partial charge in [-0.2, -0.15) is 0 Å². The van der Waals surface area contributed by atoms with Gasteiger partial charge in [-0.15, -0.1) is 11.3 Å². The first-order valence-electron chi connectivity index (χ1n) is 7.33. The smallest absolute Gasteiger partial charge is 0.158 e. The van der Waals surface area contributed by atoms with E-state index in [-0.39, 0.29) is 0 Å². The van der Waals surface area contributed by atoms with Crippen molar-refractivity contribution in [1.29, 1.82) is 0 Å². The zero-order valence-electron chi connectivity index (χ0n) is 12.3. The van der Waals surface area contributed by atoms with Crippen LogP contribution in [0.2, 0.25) is 0 Å². The molecule has 0 aliphatic rings. The van der Waals surface area contributed by atoms with Crippen molar-refractivity contribution in [1.82, 2.24) is 19.5 Å². The molecule has 0 saturated carbocycles. The van der Waals surface area contributed by atoms with Gasteiger partial charge >= 0.3 is 0 Å². The molecule has 23 heavy (non-hydrogen) atoms. The molecule has 0 aliphatic heterocycles. The Balaban J connectivity index is 1.61. The van der Waals surface area contributed by atoms with E-state index in [4.69, 9.17) is 0 Å². The van der Waals surface area contributed by atoms with E-state index in [9.17, 15) is 0 Å². The Morgan fingerprint density at radius 3 is 2.57 bits per heavy atom. The highest BCUT2D eigenvalue weighted by Gasteiger charge is 2.10. The first kappa shape index (κ1) is 13.8. The van der Waals surface area contributed by atoms with Crippen molar-refractivity contribution >= 4 is 11.3 Å². The minimum absolute atomic E-state index is 0.746. The molecule has 4 nitrogen and oxygen atoms in total. The van der Waals surface area contributed by atoms with Crippen LogP contribution in [-0.4, -0.2) is 19.5 Å². The average molecular weight is 318 g/mol. The van der Waals surface area contributed by atoms with Crippen LogP contribution in [0.1, 0.15) is 4.88 Å². The monoisotopic (exact) mass is 318 g/mol. The fourth-order valence-corrected chi connectivity index (χ4v) is 3.34. The van der Waals surface area contributed by atoms with E-state index in [0.717, 1.165) is 28.6 Å². The molecule has 0 amide bonds. The van der Waals surface area contributed by atoms with Crippen molar-refractivity contribution in [2.24, 2.45) is 0 Å². The summed E-state index contributed by atoms with van der Waals surface area (Å²) in [6, 6.07) is 16.1. The quantitative estimate of drug-likeness (QED) is 0.568. The number of rotatable bonds is 4. The van der Waals surface area contributed by atoms with E-state index in [1.165, 1.54) is 4.88 Å². The summed E-state index contributed by atoms with van der Waals surface area (Å²) in [6.45, 7) is 0.746. The molecule has 5 heteroatoms. The predicted octanol–water partition coefficient (Wildman–Crippen LogP) is 4.12. The summed E-state index contributed by atoms with van der Waals surface area (Å²) in [5.74, 6) is 0.875. The third kappa shape index (κ3) is 2.91. The number of imidazole rings is 1. The summed E-state index contributed by atoms with van der Waals surface area (Å²) < 4.78 is 2.10. The highest BCUT2D eigenvalue weighted by atomic mass is 32.1. The van der Waals surface area contributed by atoms with Crippen LogP contribution in [0.5, 0.6) is 0 Å². The predicted molar refractivity (Wildman–Crippen MR) is 92.1 cm³/mol. The van der Waals surface area contributed by atoms with E-state index in [0.29, 0.717) is 0 Å². The minimum Gasteiger partial charge on any atom is -0.324 e. The SMILES string of the molecule is c1ccc(-c2ncc(Cn3ccnc3-c3ccccn3)s2)cc1. The lowest BCUT2D eigenvalue weighted by molar-refractivity contribution is 0.814. The molecule has 1 aromatic carbocycles. The van der Waals surface area contributed by atoms with Gasteiger partial charge in [-0.3, -0.25) is 4.98 Å². The standard InChI is InChI=1S/C18H14N4S/c1-2-6-14(7-3-1)18-21-12-15(23-18)13-22-11-10-20-17(22)16-8-4-5-9-19-16/h1-12H,13H2. The molecule has 0 bridgehead atoms. The van der Waals surface area contributed by atoms with Crippen LogP contribution in [0.15, 0.2) is 73.3 Å². The Morgan fingerprint density at radius 1 is 0.870 bits per heavy atom. The Hall–Kier alpha value is -2.79. The Bertz CT molecular complexity index is 897. The summed E-state index contributed by atoms with van der Waals surface area (Å²) in [6.07, 6.45) is 7.51. The normalized spacial score (nSPS) is 10.8. The summed E-state index contributed by atoms with van der Waals surface area (Å²) in [7, 11) is 0. The number of aromatic nitrogens is 4. The fourth-order valence-electron chi connectivity index (χ4n) is 2.43. The van der Waals surface area contributed by atoms with Gasteiger partial charge in [0, 0.05) is 35.2 Å². The zero-order chi connectivity index (χ0) is 15.5. The molecule has 0 fully saturated rings. The van der Waals surface area contributed by atoms with Crippen LogP contribution in [-0.2, 0) is 6.54 Å². The summed E-state index contributed by atoms with van der Waals surface area (Å²) in [5.41, 5.74) is 2.03. The van der Waals surface area contributed by atoms with Gasteiger partial charge in [0.1, 0.15) is 10.7 Å². The van der Waals surface area contributed by atoms with Crippen LogP contribution in [0.25, 0.3) is 22.1 Å². The largest absolute Gasteiger partial charge is 0.324 e. The van der Waals surface area contributed by atoms with Crippen molar-refractivity contribution < 1.29 is 0 Å². The van der Waals surface area contributed by atoms with Gasteiger partial charge in [-0.25, -0.2) is 9.97 Å². The maximum Gasteiger partial charge on any atom is 0.158 e. The number of nitrogens with zero attached hydrogens (tertiary/aromatic N) is 4. The molecule has 3 heterocycles. The van der Waals surface area contributed by atoms with E-state index in [1.807, 2.05) is 55.0 Å². The van der Waals surface area contributed by atoms with E-state index < -0.39 is 0 Å². The molecule has 0 atom stereocenters. The first-order valence-corrected chi connectivity index (χ1v) is 8.14. The highest BCUT2D eigenvalue weighted by molar-refractivity contribution is 7.15. The van der Waals surface area contributed by atoms with Crippen molar-refractivity contribution in [3.05, 3.63) is 78.2 Å². The molecular formula is C18H14N4S. The van der Waals surface area contributed by atoms with Crippen molar-refractivity contribution in [3.63, 3.8) is 0 Å². The molecular weight excluding hydrogens is 304 g/mol. The summed E-state index contributed by atoms with van der Waals surface area (Å²) in [5, 5.41) is 1.04. The summed E-state index contributed by atoms with van der Waals surface area (Å²) in [4.78, 5) is 14.5. The lowest BCUT2D eigenvalue weighted by atomic mass is 10.2. The molecule has 0 aliphatic carbocycles. The average Bonchev–Trinajstić information content (AvgIpc) is 3.26. The molecule has 0 saturated heterocycles. The van der Waals surface area contributed by atoms with Gasteiger partial charge in [-0.05, 0) is 12.1 Å². The molecule has 0 unspecified atom stereocenters. The number of benzene rings is 1. The van der Waals surface area contributed by atoms with E-state index in [1.54, 1.807) is 17.5 Å². The molecule has 0 N–H and O–H groups in total. The van der Waals surface area contributed by atoms with Gasteiger partial charge in [0.2, 0.25) is 0 Å². The Kier molecular flexibility index (Phi) is 3.70. The van der Waals surface area contributed by atoms with Gasteiger partial charge in [-0.1, -0.05) is 36.4 Å². The third-order valence-electron chi connectivity index (χ3n) is 3.51. The van der Waals surface area contributed by atoms with Gasteiger partial charge in [0.15, 0.2) is 5.82 Å². The molecule has 4 aromatic rings. The molecule has 3 aromatic heterocycles. The molecule has 0 radical (unpaired) electrons. The third-order valence-corrected chi connectivity index (χ3v) is 4.54. The van der Waals surface area contributed by atoms with Crippen LogP contribution in [0.4, 0.5) is 0 Å². The van der Waals surface area contributed by atoms with Gasteiger partial charge in [0.05, 0.1) is 6.54 Å². The van der Waals surface area contributed by atoms with Gasteiger partial charge in [0.25, 0.3) is 0 Å². The lowest BCUT2D eigenvalue weighted by Gasteiger charge is -2.05. The Labute approximate surface area is 138 Å². The van der Waals surface area contributed by atoms with Crippen LogP contribution >= 0.6 is 11.3 Å². The second kappa shape index (κ2) is 6.14. The van der Waals surface area contributed by atoms with E-state index in [2.05, 4.69) is 31.7 Å². The van der Waals surface area contributed by atoms with Gasteiger partial charge < -0.3 is 4.57 Å². The number of thiazole rings is 1. The fraction of sp³-hybridized carbons (Fsp3) is 0.0556. The maximum absolute atomic E-state index is 4.54. The lowest BCUT2D eigenvalue weighted by Crippen LogP contribution is -2.00. The molecule has 4 rings (SSSR count). The van der Waals surface area contributed by atoms with Crippen molar-refractivity contribution in [2.45, 2.75) is 6.54 Å². The number of pyridine rings is 1. The van der Waals surface area contributed by atoms with Crippen LogP contribution in [0, 0.1) is 0 Å². The highest BCUT2D eigenvalue weighted by Crippen LogP contribution is 2.26. The first-order chi connectivity index (χ1) is 11.4. The van der Waals surface area contributed by atoms with Crippen LogP contribution in [0.3, 0.4) is 0 Å². The van der Waals surface area contributed by atoms with Crippen LogP contribution < -0.4 is 0 Å². The Morgan fingerprint density at radius 2 is 1.74 bits per heavy atom. The summed E-state index contributed by atoms with van der Waals surface area (Å²) >= 11 is 1.71. The maximum atomic E-state index is 4.54. The second-order valence-corrected chi connectivity index (χ2v) is 6.21. The molecule has 0 spiro atoms. The number of hydrogen-bond acceptors (Lipinski definition) is 4. The number of hydrogen-bond donors (Lipinski definition) is 0. The van der Waals surface area contributed by atoms with E-state index >= 15 is 0 Å². The second-order valence-electron chi connectivity index (χ2n) is 5.09. The minimum atomic E-state index is 0.746. The topological polar surface area (TPSA) is 43.6 Å².